The van der Waals surface area contributed by atoms with E-state index in [1.165, 1.54) is 15.7 Å². The van der Waals surface area contributed by atoms with Crippen LogP contribution in [-0.4, -0.2) is 10.6 Å². The van der Waals surface area contributed by atoms with E-state index in [4.69, 9.17) is 5.11 Å². The van der Waals surface area contributed by atoms with Crippen molar-refractivity contribution >= 4 is 33.9 Å². The number of fused-ring (bicyclic) bond motifs is 2. The van der Waals surface area contributed by atoms with Crippen molar-refractivity contribution in [2.24, 2.45) is 5.11 Å². The molecule has 0 unspecified atom stereocenters. The zero-order valence-electron chi connectivity index (χ0n) is 10.9. The van der Waals surface area contributed by atoms with Crippen LogP contribution in [0.5, 0.6) is 0 Å². The first-order valence-electron chi connectivity index (χ1n) is 6.60. The van der Waals surface area contributed by atoms with E-state index in [1.54, 1.807) is 0 Å². The van der Waals surface area contributed by atoms with Gasteiger partial charge in [-0.3, -0.25) is 0 Å². The molecule has 0 atom stereocenters. The fraction of sp³-hybridized carbons (Fsp3) is 0.0588. The predicted molar refractivity (Wildman–Crippen MR) is 83.1 cm³/mol. The quantitative estimate of drug-likeness (QED) is 0.549. The van der Waals surface area contributed by atoms with Gasteiger partial charge < -0.3 is 0 Å². The summed E-state index contributed by atoms with van der Waals surface area (Å²) in [5.74, 6) is 0.857. The molecule has 0 amide bonds. The van der Waals surface area contributed by atoms with E-state index in [0.717, 1.165) is 17.3 Å². The molecule has 0 radical (unpaired) electrons. The van der Waals surface area contributed by atoms with Crippen LogP contribution in [-0.2, 0) is 0 Å². The van der Waals surface area contributed by atoms with E-state index in [0.29, 0.717) is 0 Å². The molecule has 0 aliphatic carbocycles. The van der Waals surface area contributed by atoms with E-state index < -0.39 is 0 Å². The van der Waals surface area contributed by atoms with Crippen molar-refractivity contribution in [1.29, 1.82) is 0 Å². The molecule has 1 heterocycles. The number of nitrogens with zero attached hydrogens (tertiary/aromatic N) is 2. The Hall–Kier alpha value is -2.13. The summed E-state index contributed by atoms with van der Waals surface area (Å²) in [6.45, 7) is 0. The standard InChI is InChI=1S/C17H13N2S/c1-2-8-15(9-3-1)19-12-20-17-11-14-7-5-4-6-13(14)10-16(17)18-19/h1-11H,12H2/q+1. The molecule has 0 fully saturated rings. The van der Waals surface area contributed by atoms with E-state index in [9.17, 15) is 0 Å². The molecular formula is C17H13N2S+. The average Bonchev–Trinajstić information content (AvgIpc) is 2.53. The van der Waals surface area contributed by atoms with Crippen LogP contribution in [0, 0.1) is 0 Å². The number of thioether (sulfide) groups is 1. The summed E-state index contributed by atoms with van der Waals surface area (Å²) in [5, 5.41) is 7.30. The van der Waals surface area contributed by atoms with E-state index >= 15 is 0 Å². The van der Waals surface area contributed by atoms with Crippen molar-refractivity contribution in [3.63, 3.8) is 0 Å². The number of hydrogen-bond donors (Lipinski definition) is 0. The number of rotatable bonds is 1. The molecule has 0 spiro atoms. The van der Waals surface area contributed by atoms with E-state index in [1.807, 2.05) is 30.0 Å². The van der Waals surface area contributed by atoms with Crippen molar-refractivity contribution in [1.82, 2.24) is 0 Å². The highest BCUT2D eigenvalue weighted by Crippen LogP contribution is 2.38. The Kier molecular flexibility index (Phi) is 2.78. The molecule has 1 aliphatic heterocycles. The summed E-state index contributed by atoms with van der Waals surface area (Å²) in [7, 11) is 0. The second-order valence-electron chi connectivity index (χ2n) is 4.78. The van der Waals surface area contributed by atoms with Gasteiger partial charge in [-0.25, -0.2) is 0 Å². The van der Waals surface area contributed by atoms with Gasteiger partial charge in [0.1, 0.15) is 5.69 Å². The Morgan fingerprint density at radius 2 is 1.55 bits per heavy atom. The Morgan fingerprint density at radius 1 is 0.850 bits per heavy atom. The monoisotopic (exact) mass is 277 g/mol. The van der Waals surface area contributed by atoms with Gasteiger partial charge in [0.25, 0.3) is 0 Å². The lowest BCUT2D eigenvalue weighted by molar-refractivity contribution is -0.488. The summed E-state index contributed by atoms with van der Waals surface area (Å²) in [6.07, 6.45) is 0. The minimum Gasteiger partial charge on any atom is -0.0737 e. The number of benzene rings is 3. The number of para-hydroxylation sites is 1. The Morgan fingerprint density at radius 3 is 2.35 bits per heavy atom. The minimum atomic E-state index is 0.857. The summed E-state index contributed by atoms with van der Waals surface area (Å²) in [4.78, 5) is 1.26. The maximum Gasteiger partial charge on any atom is 0.232 e. The summed E-state index contributed by atoms with van der Waals surface area (Å²) in [6, 6.07) is 23.2. The third-order valence-electron chi connectivity index (χ3n) is 3.45. The van der Waals surface area contributed by atoms with Gasteiger partial charge in [-0.1, -0.05) is 58.9 Å². The van der Waals surface area contributed by atoms with Gasteiger partial charge in [-0.05, 0) is 22.9 Å². The summed E-state index contributed by atoms with van der Waals surface area (Å²) in [5.41, 5.74) is 2.20. The van der Waals surface area contributed by atoms with Gasteiger partial charge in [0, 0.05) is 22.1 Å². The Labute approximate surface area is 121 Å². The largest absolute Gasteiger partial charge is 0.232 e. The molecule has 4 rings (SSSR count). The number of hydrogen-bond acceptors (Lipinski definition) is 2. The fourth-order valence-corrected chi connectivity index (χ4v) is 3.35. The smallest absolute Gasteiger partial charge is 0.0737 e. The molecule has 0 saturated carbocycles. The SMILES string of the molecule is c1ccc([N+]2=Nc3cc4ccccc4cc3SC2)cc1. The topological polar surface area (TPSA) is 15.4 Å². The van der Waals surface area contributed by atoms with Crippen LogP contribution in [0.2, 0.25) is 0 Å². The first-order valence-corrected chi connectivity index (χ1v) is 7.58. The lowest BCUT2D eigenvalue weighted by atomic mass is 10.1. The van der Waals surface area contributed by atoms with Gasteiger partial charge in [0.05, 0.1) is 0 Å². The first kappa shape index (κ1) is 11.7. The lowest BCUT2D eigenvalue weighted by Crippen LogP contribution is -2.05. The van der Waals surface area contributed by atoms with Crippen LogP contribution >= 0.6 is 11.8 Å². The summed E-state index contributed by atoms with van der Waals surface area (Å²) < 4.78 is 2.06. The van der Waals surface area contributed by atoms with Crippen LogP contribution in [0.3, 0.4) is 0 Å². The highest BCUT2D eigenvalue weighted by Gasteiger charge is 2.20. The molecule has 96 valence electrons. The highest BCUT2D eigenvalue weighted by atomic mass is 32.2. The van der Waals surface area contributed by atoms with Gasteiger partial charge in [-0.15, -0.1) is 0 Å². The Bertz CT molecular complexity index is 810. The molecule has 0 aromatic heterocycles. The van der Waals surface area contributed by atoms with Crippen molar-refractivity contribution < 1.29 is 4.70 Å². The molecular weight excluding hydrogens is 264 g/mol. The van der Waals surface area contributed by atoms with E-state index in [2.05, 4.69) is 53.2 Å². The van der Waals surface area contributed by atoms with Crippen LogP contribution < -0.4 is 0 Å². The van der Waals surface area contributed by atoms with Crippen molar-refractivity contribution in [2.45, 2.75) is 4.90 Å². The summed E-state index contributed by atoms with van der Waals surface area (Å²) >= 11 is 1.84. The second-order valence-corrected chi connectivity index (χ2v) is 5.76. The predicted octanol–water partition coefficient (Wildman–Crippen LogP) is 5.33. The van der Waals surface area contributed by atoms with Gasteiger partial charge in [-0.2, -0.15) is 0 Å². The molecule has 3 aromatic rings. The zero-order valence-corrected chi connectivity index (χ0v) is 11.7. The van der Waals surface area contributed by atoms with Gasteiger partial charge >= 0.3 is 0 Å². The average molecular weight is 277 g/mol. The third kappa shape index (κ3) is 2.00. The zero-order chi connectivity index (χ0) is 13.4. The molecule has 0 saturated heterocycles. The van der Waals surface area contributed by atoms with Gasteiger partial charge in [0.2, 0.25) is 11.6 Å². The molecule has 1 aliphatic rings. The normalized spacial score (nSPS) is 13.9. The third-order valence-corrected chi connectivity index (χ3v) is 4.46. The highest BCUT2D eigenvalue weighted by molar-refractivity contribution is 7.99. The van der Waals surface area contributed by atoms with E-state index in [-0.39, 0.29) is 0 Å². The minimum absolute atomic E-state index is 0.857. The van der Waals surface area contributed by atoms with Crippen molar-refractivity contribution in [2.75, 3.05) is 5.88 Å². The molecule has 0 N–H and O–H groups in total. The first-order chi connectivity index (χ1) is 9.90. The molecule has 20 heavy (non-hydrogen) atoms. The molecule has 0 bridgehead atoms. The van der Waals surface area contributed by atoms with Crippen molar-refractivity contribution in [3.8, 4) is 0 Å². The van der Waals surface area contributed by atoms with Crippen molar-refractivity contribution in [3.05, 3.63) is 66.7 Å². The maximum atomic E-state index is 4.78. The molecule has 2 nitrogen and oxygen atoms in total. The fourth-order valence-electron chi connectivity index (χ4n) is 2.42. The Balaban J connectivity index is 1.86. The van der Waals surface area contributed by atoms with Crippen LogP contribution in [0.4, 0.5) is 11.4 Å². The molecule has 3 aromatic carbocycles. The van der Waals surface area contributed by atoms with Gasteiger partial charge in [0.15, 0.2) is 0 Å². The van der Waals surface area contributed by atoms with Crippen LogP contribution in [0.1, 0.15) is 0 Å². The second kappa shape index (κ2) is 4.76. The number of azo groups is 2. The van der Waals surface area contributed by atoms with Crippen LogP contribution in [0.15, 0.2) is 76.7 Å². The lowest BCUT2D eigenvalue weighted by Gasteiger charge is -2.10. The molecule has 3 heteroatoms. The van der Waals surface area contributed by atoms with Crippen LogP contribution in [0.25, 0.3) is 10.8 Å². The maximum absolute atomic E-state index is 4.78.